The van der Waals surface area contributed by atoms with E-state index in [0.29, 0.717) is 24.4 Å². The van der Waals surface area contributed by atoms with Gasteiger partial charge in [-0.25, -0.2) is 0 Å². The van der Waals surface area contributed by atoms with Crippen LogP contribution < -0.4 is 5.32 Å². The zero-order chi connectivity index (χ0) is 11.4. The lowest BCUT2D eigenvalue weighted by molar-refractivity contribution is -0.133. The molecule has 2 heterocycles. The number of carbonyl (C=O) groups excluding carboxylic acids is 1. The average Bonchev–Trinajstić information content (AvgIpc) is 2.52. The van der Waals surface area contributed by atoms with Crippen molar-refractivity contribution in [2.75, 3.05) is 13.1 Å². The highest BCUT2D eigenvalue weighted by Crippen LogP contribution is 2.28. The van der Waals surface area contributed by atoms with Crippen LogP contribution in [0.2, 0.25) is 0 Å². The Morgan fingerprint density at radius 3 is 2.72 bits per heavy atom. The van der Waals surface area contributed by atoms with Crippen LogP contribution in [0.5, 0.6) is 0 Å². The van der Waals surface area contributed by atoms with Crippen LogP contribution in [0.15, 0.2) is 12.7 Å². The molecule has 2 fully saturated rings. The van der Waals surface area contributed by atoms with E-state index in [-0.39, 0.29) is 24.8 Å². The predicted octanol–water partition coefficient (Wildman–Crippen LogP) is 2.54. The second-order valence-electron chi connectivity index (χ2n) is 4.86. The summed E-state index contributed by atoms with van der Waals surface area (Å²) in [6, 6.07) is 0.972. The molecule has 2 unspecified atom stereocenters. The summed E-state index contributed by atoms with van der Waals surface area (Å²) in [4.78, 5) is 14.3. The maximum Gasteiger partial charge on any atom is 0.223 e. The Morgan fingerprint density at radius 1 is 1.28 bits per heavy atom. The van der Waals surface area contributed by atoms with E-state index in [1.807, 2.05) is 6.08 Å². The fourth-order valence-electron chi connectivity index (χ4n) is 2.92. The fourth-order valence-corrected chi connectivity index (χ4v) is 2.92. The first-order valence-corrected chi connectivity index (χ1v) is 6.45. The summed E-state index contributed by atoms with van der Waals surface area (Å²) in [5.41, 5.74) is 0. The molecule has 0 aromatic heterocycles. The van der Waals surface area contributed by atoms with Gasteiger partial charge in [-0.1, -0.05) is 6.08 Å². The number of hydrogen-bond donors (Lipinski definition) is 1. The van der Waals surface area contributed by atoms with Gasteiger partial charge in [-0.3, -0.25) is 4.79 Å². The smallest absolute Gasteiger partial charge is 0.223 e. The minimum absolute atomic E-state index is 0. The highest BCUT2D eigenvalue weighted by molar-refractivity contribution is 5.85. The van der Waals surface area contributed by atoms with Crippen molar-refractivity contribution < 1.29 is 4.79 Å². The molecule has 2 aliphatic heterocycles. The van der Waals surface area contributed by atoms with Crippen LogP contribution in [0, 0.1) is 0 Å². The average molecular weight is 295 g/mol. The summed E-state index contributed by atoms with van der Waals surface area (Å²) in [5.74, 6) is 0.359. The molecule has 1 amide bonds. The molecule has 2 rings (SSSR count). The van der Waals surface area contributed by atoms with E-state index in [1.165, 1.54) is 12.8 Å². The molecule has 2 saturated heterocycles. The van der Waals surface area contributed by atoms with Crippen molar-refractivity contribution in [1.82, 2.24) is 10.2 Å². The first-order chi connectivity index (χ1) is 7.83. The third-order valence-corrected chi connectivity index (χ3v) is 3.74. The van der Waals surface area contributed by atoms with Gasteiger partial charge in [0.05, 0.1) is 0 Å². The Hall–Kier alpha value is -0.250. The molecule has 0 radical (unpaired) electrons. The number of amides is 1. The Morgan fingerprint density at radius 2 is 2.00 bits per heavy atom. The number of fused-ring (bicyclic) bond motifs is 2. The van der Waals surface area contributed by atoms with Crippen LogP contribution in [0.4, 0.5) is 0 Å². The molecule has 2 atom stereocenters. The number of allylic oxidation sites excluding steroid dienone is 1. The third-order valence-electron chi connectivity index (χ3n) is 3.74. The van der Waals surface area contributed by atoms with Crippen LogP contribution >= 0.6 is 24.8 Å². The second-order valence-corrected chi connectivity index (χ2v) is 4.86. The summed E-state index contributed by atoms with van der Waals surface area (Å²) in [6.07, 6.45) is 8.01. The molecule has 1 N–H and O–H groups in total. The molecule has 0 spiro atoms. The van der Waals surface area contributed by atoms with E-state index < -0.39 is 0 Å². The zero-order valence-electron chi connectivity index (χ0n) is 10.8. The quantitative estimate of drug-likeness (QED) is 0.638. The van der Waals surface area contributed by atoms with Gasteiger partial charge < -0.3 is 10.2 Å². The van der Waals surface area contributed by atoms with Gasteiger partial charge in [0.25, 0.3) is 0 Å². The number of halogens is 2. The molecular weight excluding hydrogens is 271 g/mol. The van der Waals surface area contributed by atoms with Crippen LogP contribution in [0.1, 0.15) is 38.5 Å². The van der Waals surface area contributed by atoms with E-state index >= 15 is 0 Å². The Bertz CT molecular complexity index is 260. The van der Waals surface area contributed by atoms with Gasteiger partial charge in [0.15, 0.2) is 0 Å². The molecule has 2 bridgehead atoms. The van der Waals surface area contributed by atoms with Crippen LogP contribution in [0.25, 0.3) is 0 Å². The van der Waals surface area contributed by atoms with Gasteiger partial charge in [-0.15, -0.1) is 31.4 Å². The summed E-state index contributed by atoms with van der Waals surface area (Å²) in [6.45, 7) is 5.75. The van der Waals surface area contributed by atoms with Crippen molar-refractivity contribution in [3.63, 3.8) is 0 Å². The lowest BCUT2D eigenvalue weighted by Crippen LogP contribution is -2.42. The number of rotatable bonds is 4. The van der Waals surface area contributed by atoms with Crippen molar-refractivity contribution in [2.24, 2.45) is 0 Å². The normalized spacial score (nSPS) is 25.7. The number of hydrogen-bond acceptors (Lipinski definition) is 2. The predicted molar refractivity (Wildman–Crippen MR) is 79.7 cm³/mol. The molecule has 3 nitrogen and oxygen atoms in total. The van der Waals surface area contributed by atoms with Gasteiger partial charge in [-0.2, -0.15) is 0 Å². The first kappa shape index (κ1) is 17.8. The topological polar surface area (TPSA) is 32.3 Å². The SMILES string of the molecule is C=CCCCC(=O)N1C2CCNCC1CC2.Cl.Cl. The molecule has 0 aliphatic carbocycles. The number of nitrogens with zero attached hydrogens (tertiary/aromatic N) is 1. The van der Waals surface area contributed by atoms with E-state index in [1.54, 1.807) is 0 Å². The molecule has 106 valence electrons. The van der Waals surface area contributed by atoms with E-state index in [4.69, 9.17) is 0 Å². The molecular formula is C13H24Cl2N2O. The summed E-state index contributed by atoms with van der Waals surface area (Å²) in [7, 11) is 0. The summed E-state index contributed by atoms with van der Waals surface area (Å²) in [5, 5.41) is 3.42. The van der Waals surface area contributed by atoms with Crippen molar-refractivity contribution in [1.29, 1.82) is 0 Å². The highest BCUT2D eigenvalue weighted by Gasteiger charge is 2.37. The molecule has 5 heteroatoms. The van der Waals surface area contributed by atoms with Crippen molar-refractivity contribution in [3.8, 4) is 0 Å². The van der Waals surface area contributed by atoms with Gasteiger partial charge in [0.1, 0.15) is 0 Å². The fraction of sp³-hybridized carbons (Fsp3) is 0.769. The number of unbranched alkanes of at least 4 members (excludes halogenated alkanes) is 1. The van der Waals surface area contributed by atoms with Gasteiger partial charge in [0, 0.05) is 25.0 Å². The lowest BCUT2D eigenvalue weighted by Gasteiger charge is -2.27. The van der Waals surface area contributed by atoms with Gasteiger partial charge >= 0.3 is 0 Å². The molecule has 2 aliphatic rings. The van der Waals surface area contributed by atoms with Crippen LogP contribution in [-0.4, -0.2) is 36.0 Å². The summed E-state index contributed by atoms with van der Waals surface area (Å²) >= 11 is 0. The lowest BCUT2D eigenvalue weighted by atomic mass is 10.1. The Balaban J connectivity index is 0.00000144. The third kappa shape index (κ3) is 4.15. The van der Waals surface area contributed by atoms with Crippen molar-refractivity contribution >= 4 is 30.7 Å². The van der Waals surface area contributed by atoms with E-state index in [2.05, 4.69) is 16.8 Å². The molecule has 0 aromatic carbocycles. The van der Waals surface area contributed by atoms with Crippen molar-refractivity contribution in [3.05, 3.63) is 12.7 Å². The number of nitrogens with one attached hydrogen (secondary N) is 1. The molecule has 0 saturated carbocycles. The van der Waals surface area contributed by atoms with Gasteiger partial charge in [0.2, 0.25) is 5.91 Å². The van der Waals surface area contributed by atoms with E-state index in [0.717, 1.165) is 32.4 Å². The first-order valence-electron chi connectivity index (χ1n) is 6.45. The Labute approximate surface area is 122 Å². The number of carbonyl (C=O) groups is 1. The maximum absolute atomic E-state index is 12.2. The molecule has 18 heavy (non-hydrogen) atoms. The second kappa shape index (κ2) is 8.78. The maximum atomic E-state index is 12.2. The molecule has 0 aromatic rings. The highest BCUT2D eigenvalue weighted by atomic mass is 35.5. The standard InChI is InChI=1S/C13H22N2O.2ClH/c1-2-3-4-5-13(16)15-11-6-7-12(15)10-14-9-8-11;;/h2,11-12,14H,1,3-10H2;2*1H. The summed E-state index contributed by atoms with van der Waals surface area (Å²) < 4.78 is 0. The Kier molecular flexibility index (Phi) is 8.66. The van der Waals surface area contributed by atoms with Gasteiger partial charge in [-0.05, 0) is 38.6 Å². The zero-order valence-corrected chi connectivity index (χ0v) is 12.4. The van der Waals surface area contributed by atoms with E-state index in [9.17, 15) is 4.79 Å². The van der Waals surface area contributed by atoms with Crippen molar-refractivity contribution in [2.45, 2.75) is 50.6 Å². The minimum atomic E-state index is 0. The largest absolute Gasteiger partial charge is 0.335 e. The minimum Gasteiger partial charge on any atom is -0.335 e. The van der Waals surface area contributed by atoms with Crippen LogP contribution in [0.3, 0.4) is 0 Å². The monoisotopic (exact) mass is 294 g/mol. The van der Waals surface area contributed by atoms with Crippen LogP contribution in [-0.2, 0) is 4.79 Å².